The highest BCUT2D eigenvalue weighted by Gasteiger charge is 2.26. The molecule has 0 bridgehead atoms. The van der Waals surface area contributed by atoms with Crippen molar-refractivity contribution in [3.8, 4) is 5.75 Å². The molecule has 25 heavy (non-hydrogen) atoms. The summed E-state index contributed by atoms with van der Waals surface area (Å²) in [4.78, 5) is 36.7. The number of amides is 1. The van der Waals surface area contributed by atoms with Gasteiger partial charge < -0.3 is 14.7 Å². The number of benzene rings is 2. The number of ketones is 1. The molecule has 0 unspecified atom stereocenters. The Hall–Kier alpha value is -3.15. The fourth-order valence-corrected chi connectivity index (χ4v) is 2.68. The van der Waals surface area contributed by atoms with Gasteiger partial charge in [0.2, 0.25) is 0 Å². The monoisotopic (exact) mass is 339 g/mol. The number of carbonyl (C=O) groups is 3. The summed E-state index contributed by atoms with van der Waals surface area (Å²) < 4.78 is 5.44. The molecule has 2 aromatic carbocycles. The van der Waals surface area contributed by atoms with E-state index in [9.17, 15) is 14.4 Å². The summed E-state index contributed by atoms with van der Waals surface area (Å²) in [5.41, 5.74) is 1.86. The third-order valence-corrected chi connectivity index (χ3v) is 3.97. The van der Waals surface area contributed by atoms with Gasteiger partial charge in [-0.1, -0.05) is 30.3 Å². The van der Waals surface area contributed by atoms with E-state index in [1.54, 1.807) is 23.1 Å². The molecule has 0 aromatic heterocycles. The molecule has 1 amide bonds. The highest BCUT2D eigenvalue weighted by Crippen LogP contribution is 2.34. The van der Waals surface area contributed by atoms with Crippen LogP contribution in [0.4, 0.5) is 5.69 Å². The van der Waals surface area contributed by atoms with Gasteiger partial charge in [-0.2, -0.15) is 0 Å². The first-order chi connectivity index (χ1) is 12.0. The Bertz CT molecular complexity index is 816. The number of Topliss-reactive ketones (excluding diaryl/α,β-unsaturated/α-hetero) is 1. The summed E-state index contributed by atoms with van der Waals surface area (Å²) >= 11 is 0. The van der Waals surface area contributed by atoms with E-state index in [0.717, 1.165) is 5.56 Å². The predicted octanol–water partition coefficient (Wildman–Crippen LogP) is 2.66. The molecule has 1 aliphatic heterocycles. The second kappa shape index (κ2) is 7.17. The van der Waals surface area contributed by atoms with Crippen molar-refractivity contribution in [1.29, 1.82) is 0 Å². The van der Waals surface area contributed by atoms with E-state index in [4.69, 9.17) is 9.84 Å². The number of carboxylic acids is 1. The topological polar surface area (TPSA) is 83.9 Å². The Morgan fingerprint density at radius 2 is 1.84 bits per heavy atom. The first kappa shape index (κ1) is 16.7. The van der Waals surface area contributed by atoms with Gasteiger partial charge in [-0.25, -0.2) is 0 Å². The Morgan fingerprint density at radius 3 is 2.56 bits per heavy atom. The van der Waals surface area contributed by atoms with E-state index in [1.165, 1.54) is 0 Å². The van der Waals surface area contributed by atoms with Crippen molar-refractivity contribution in [2.75, 3.05) is 11.5 Å². The Balaban J connectivity index is 1.88. The van der Waals surface area contributed by atoms with Crippen LogP contribution in [0.1, 0.15) is 28.8 Å². The lowest BCUT2D eigenvalue weighted by atomic mass is 10.0. The van der Waals surface area contributed by atoms with Crippen LogP contribution in [0.2, 0.25) is 0 Å². The largest absolute Gasteiger partial charge is 0.482 e. The highest BCUT2D eigenvalue weighted by atomic mass is 16.5. The van der Waals surface area contributed by atoms with Gasteiger partial charge in [0.15, 0.2) is 12.4 Å². The van der Waals surface area contributed by atoms with Crippen molar-refractivity contribution < 1.29 is 24.2 Å². The maximum absolute atomic E-state index is 12.3. The van der Waals surface area contributed by atoms with E-state index >= 15 is 0 Å². The second-order valence-corrected chi connectivity index (χ2v) is 5.75. The molecule has 0 atom stereocenters. The summed E-state index contributed by atoms with van der Waals surface area (Å²) in [6, 6.07) is 14.4. The summed E-state index contributed by atoms with van der Waals surface area (Å²) in [7, 11) is 0. The average Bonchev–Trinajstić information content (AvgIpc) is 2.62. The molecule has 2 aromatic rings. The summed E-state index contributed by atoms with van der Waals surface area (Å²) in [5.74, 6) is -0.949. The molecule has 1 heterocycles. The van der Waals surface area contributed by atoms with Gasteiger partial charge in [0, 0.05) is 12.0 Å². The molecule has 3 rings (SSSR count). The van der Waals surface area contributed by atoms with Crippen molar-refractivity contribution in [2.24, 2.45) is 0 Å². The normalized spacial score (nSPS) is 13.1. The quantitative estimate of drug-likeness (QED) is 0.818. The van der Waals surface area contributed by atoms with Crippen LogP contribution in [0, 0.1) is 0 Å². The maximum atomic E-state index is 12.3. The van der Waals surface area contributed by atoms with E-state index in [2.05, 4.69) is 0 Å². The molecule has 1 N–H and O–H groups in total. The van der Waals surface area contributed by atoms with Gasteiger partial charge in [-0.3, -0.25) is 14.4 Å². The molecular weight excluding hydrogens is 322 g/mol. The van der Waals surface area contributed by atoms with Gasteiger partial charge in [0.25, 0.3) is 5.91 Å². The minimum Gasteiger partial charge on any atom is -0.482 e. The number of ether oxygens (including phenoxy) is 1. The van der Waals surface area contributed by atoms with Crippen LogP contribution in [-0.4, -0.2) is 29.4 Å². The number of fused-ring (bicyclic) bond motifs is 1. The Labute approximate surface area is 144 Å². The van der Waals surface area contributed by atoms with Crippen LogP contribution < -0.4 is 9.64 Å². The molecule has 0 spiro atoms. The number of aliphatic carboxylic acids is 1. The third-order valence-electron chi connectivity index (χ3n) is 3.97. The standard InChI is InChI=1S/C19H17NO5/c21-16(7-9-19(23)24)14-6-8-17-15(10-14)20(18(22)12-25-17)11-13-4-2-1-3-5-13/h1-6,8,10H,7,9,11-12H2,(H,23,24). The van der Waals surface area contributed by atoms with Crippen molar-refractivity contribution in [2.45, 2.75) is 19.4 Å². The molecular formula is C19H17NO5. The summed E-state index contributed by atoms with van der Waals surface area (Å²) in [6.45, 7) is 0.328. The smallest absolute Gasteiger partial charge is 0.303 e. The molecule has 0 fully saturated rings. The number of hydrogen-bond acceptors (Lipinski definition) is 4. The lowest BCUT2D eigenvalue weighted by Crippen LogP contribution is -2.38. The van der Waals surface area contributed by atoms with Crippen molar-refractivity contribution >= 4 is 23.3 Å². The van der Waals surface area contributed by atoms with Gasteiger partial charge in [-0.05, 0) is 23.8 Å². The molecule has 6 nitrogen and oxygen atoms in total. The second-order valence-electron chi connectivity index (χ2n) is 5.75. The van der Waals surface area contributed by atoms with Gasteiger partial charge in [0.05, 0.1) is 18.7 Å². The molecule has 0 saturated heterocycles. The maximum Gasteiger partial charge on any atom is 0.303 e. The molecule has 6 heteroatoms. The zero-order chi connectivity index (χ0) is 17.8. The number of carbonyl (C=O) groups excluding carboxylic acids is 2. The van der Waals surface area contributed by atoms with Crippen LogP contribution in [0.3, 0.4) is 0 Å². The summed E-state index contributed by atoms with van der Waals surface area (Å²) in [5, 5.41) is 8.72. The van der Waals surface area contributed by atoms with Crippen LogP contribution in [0.25, 0.3) is 0 Å². The summed E-state index contributed by atoms with van der Waals surface area (Å²) in [6.07, 6.45) is -0.305. The van der Waals surface area contributed by atoms with Crippen LogP contribution in [-0.2, 0) is 16.1 Å². The average molecular weight is 339 g/mol. The minimum absolute atomic E-state index is 0.0495. The zero-order valence-corrected chi connectivity index (χ0v) is 13.5. The van der Waals surface area contributed by atoms with E-state index in [0.29, 0.717) is 23.5 Å². The van der Waals surface area contributed by atoms with Crippen molar-refractivity contribution in [3.63, 3.8) is 0 Å². The molecule has 0 aliphatic carbocycles. The van der Waals surface area contributed by atoms with Crippen LogP contribution >= 0.6 is 0 Å². The lowest BCUT2D eigenvalue weighted by molar-refractivity contribution is -0.137. The first-order valence-corrected chi connectivity index (χ1v) is 7.91. The zero-order valence-electron chi connectivity index (χ0n) is 13.5. The van der Waals surface area contributed by atoms with Crippen molar-refractivity contribution in [1.82, 2.24) is 0 Å². The van der Waals surface area contributed by atoms with E-state index in [-0.39, 0.29) is 31.1 Å². The highest BCUT2D eigenvalue weighted by molar-refractivity contribution is 6.02. The number of anilines is 1. The molecule has 0 saturated carbocycles. The lowest BCUT2D eigenvalue weighted by Gasteiger charge is -2.29. The number of nitrogens with zero attached hydrogens (tertiary/aromatic N) is 1. The Kier molecular flexibility index (Phi) is 4.79. The number of rotatable bonds is 6. The SMILES string of the molecule is O=C(O)CCC(=O)c1ccc2c(c1)N(Cc1ccccc1)C(=O)CO2. The fraction of sp³-hybridized carbons (Fsp3) is 0.211. The number of carboxylic acid groups (broad SMARTS) is 1. The fourth-order valence-electron chi connectivity index (χ4n) is 2.68. The van der Waals surface area contributed by atoms with Crippen LogP contribution in [0.5, 0.6) is 5.75 Å². The third kappa shape index (κ3) is 3.85. The van der Waals surface area contributed by atoms with Crippen molar-refractivity contribution in [3.05, 3.63) is 59.7 Å². The first-order valence-electron chi connectivity index (χ1n) is 7.91. The van der Waals surface area contributed by atoms with Gasteiger partial charge >= 0.3 is 5.97 Å². The molecule has 1 aliphatic rings. The van der Waals surface area contributed by atoms with Crippen LogP contribution in [0.15, 0.2) is 48.5 Å². The van der Waals surface area contributed by atoms with E-state index < -0.39 is 5.97 Å². The van der Waals surface area contributed by atoms with E-state index in [1.807, 2.05) is 30.3 Å². The number of hydrogen-bond donors (Lipinski definition) is 1. The predicted molar refractivity (Wildman–Crippen MR) is 90.8 cm³/mol. The van der Waals surface area contributed by atoms with Gasteiger partial charge in [0.1, 0.15) is 5.75 Å². The minimum atomic E-state index is -1.02. The molecule has 128 valence electrons. The van der Waals surface area contributed by atoms with Gasteiger partial charge in [-0.15, -0.1) is 0 Å². The molecule has 0 radical (unpaired) electrons. The Morgan fingerprint density at radius 1 is 1.08 bits per heavy atom.